The first-order chi connectivity index (χ1) is 7.65. The Morgan fingerprint density at radius 1 is 1.44 bits per heavy atom. The normalized spacial score (nSPS) is 17.6. The molecule has 1 aliphatic carbocycles. The number of fused-ring (bicyclic) bond motifs is 1. The Morgan fingerprint density at radius 3 is 2.81 bits per heavy atom. The Morgan fingerprint density at radius 2 is 2.19 bits per heavy atom. The SMILES string of the molecule is Cc1cc2ccccn2c1C1(C(=O)O)CC1. The van der Waals surface area contributed by atoms with Gasteiger partial charge in [-0.1, -0.05) is 6.07 Å². The summed E-state index contributed by atoms with van der Waals surface area (Å²) in [6.07, 6.45) is 3.45. The van der Waals surface area contributed by atoms with Crippen LogP contribution in [0.3, 0.4) is 0 Å². The maximum Gasteiger partial charge on any atom is 0.315 e. The summed E-state index contributed by atoms with van der Waals surface area (Å²) < 4.78 is 2.01. The van der Waals surface area contributed by atoms with Crippen molar-refractivity contribution in [1.29, 1.82) is 0 Å². The Bertz CT molecular complexity index is 579. The van der Waals surface area contributed by atoms with Crippen LogP contribution in [0.5, 0.6) is 0 Å². The average molecular weight is 215 g/mol. The summed E-state index contributed by atoms with van der Waals surface area (Å²) in [7, 11) is 0. The fraction of sp³-hybridized carbons (Fsp3) is 0.308. The van der Waals surface area contributed by atoms with Crippen LogP contribution in [0.4, 0.5) is 0 Å². The third kappa shape index (κ3) is 1.06. The monoisotopic (exact) mass is 215 g/mol. The molecular weight excluding hydrogens is 202 g/mol. The van der Waals surface area contributed by atoms with Gasteiger partial charge < -0.3 is 9.51 Å². The fourth-order valence-corrected chi connectivity index (χ4v) is 2.54. The number of aromatic nitrogens is 1. The van der Waals surface area contributed by atoms with E-state index in [2.05, 4.69) is 6.07 Å². The number of carboxylic acids is 1. The van der Waals surface area contributed by atoms with E-state index in [1.807, 2.05) is 35.7 Å². The number of nitrogens with zero attached hydrogens (tertiary/aromatic N) is 1. The highest BCUT2D eigenvalue weighted by Crippen LogP contribution is 2.50. The van der Waals surface area contributed by atoms with E-state index in [0.717, 1.165) is 29.6 Å². The first kappa shape index (κ1) is 9.46. The third-order valence-corrected chi connectivity index (χ3v) is 3.48. The van der Waals surface area contributed by atoms with Crippen molar-refractivity contribution in [2.45, 2.75) is 25.2 Å². The molecule has 0 atom stereocenters. The highest BCUT2D eigenvalue weighted by atomic mass is 16.4. The quantitative estimate of drug-likeness (QED) is 0.835. The molecule has 2 heterocycles. The number of aryl methyl sites for hydroxylation is 1. The summed E-state index contributed by atoms with van der Waals surface area (Å²) in [6, 6.07) is 7.97. The smallest absolute Gasteiger partial charge is 0.315 e. The predicted octanol–water partition coefficient (Wildman–Crippen LogP) is 2.36. The molecule has 0 spiro atoms. The number of rotatable bonds is 2. The summed E-state index contributed by atoms with van der Waals surface area (Å²) in [5, 5.41) is 9.35. The average Bonchev–Trinajstić information content (AvgIpc) is 2.97. The van der Waals surface area contributed by atoms with Gasteiger partial charge in [-0.15, -0.1) is 0 Å². The number of pyridine rings is 1. The maximum atomic E-state index is 11.4. The minimum Gasteiger partial charge on any atom is -0.481 e. The van der Waals surface area contributed by atoms with Gasteiger partial charge >= 0.3 is 5.97 Å². The van der Waals surface area contributed by atoms with Gasteiger partial charge in [0.1, 0.15) is 5.41 Å². The molecule has 1 aliphatic rings. The molecule has 3 nitrogen and oxygen atoms in total. The summed E-state index contributed by atoms with van der Waals surface area (Å²) in [5.74, 6) is -0.695. The van der Waals surface area contributed by atoms with Gasteiger partial charge in [0.05, 0.1) is 0 Å². The van der Waals surface area contributed by atoms with Crippen LogP contribution in [0.1, 0.15) is 24.1 Å². The zero-order valence-electron chi connectivity index (χ0n) is 9.10. The molecule has 2 aromatic heterocycles. The van der Waals surface area contributed by atoms with Gasteiger partial charge in [0.2, 0.25) is 0 Å². The van der Waals surface area contributed by atoms with Gasteiger partial charge in [-0.25, -0.2) is 0 Å². The number of carbonyl (C=O) groups is 1. The standard InChI is InChI=1S/C13H13NO2/c1-9-8-10-4-2-3-7-14(10)11(9)13(5-6-13)12(15)16/h2-4,7-8H,5-6H2,1H3,(H,15,16). The number of aliphatic carboxylic acids is 1. The lowest BCUT2D eigenvalue weighted by molar-refractivity contribution is -0.140. The summed E-state index contributed by atoms with van der Waals surface area (Å²) in [6.45, 7) is 1.99. The van der Waals surface area contributed by atoms with Crippen molar-refractivity contribution < 1.29 is 9.90 Å². The summed E-state index contributed by atoms with van der Waals surface area (Å²) in [5.41, 5.74) is 2.47. The first-order valence-corrected chi connectivity index (χ1v) is 5.46. The van der Waals surface area contributed by atoms with Crippen molar-refractivity contribution in [1.82, 2.24) is 4.40 Å². The van der Waals surface area contributed by atoms with Gasteiger partial charge in [0, 0.05) is 17.4 Å². The van der Waals surface area contributed by atoms with Gasteiger partial charge in [-0.2, -0.15) is 0 Å². The number of carboxylic acid groups (broad SMARTS) is 1. The van der Waals surface area contributed by atoms with E-state index in [-0.39, 0.29) is 0 Å². The molecule has 0 saturated heterocycles. The van der Waals surface area contributed by atoms with Crippen LogP contribution in [0.15, 0.2) is 30.5 Å². The van der Waals surface area contributed by atoms with E-state index in [9.17, 15) is 9.90 Å². The summed E-state index contributed by atoms with van der Waals surface area (Å²) >= 11 is 0. The van der Waals surface area contributed by atoms with Crippen LogP contribution in [0.2, 0.25) is 0 Å². The highest BCUT2D eigenvalue weighted by molar-refractivity contribution is 5.85. The van der Waals surface area contributed by atoms with Crippen molar-refractivity contribution >= 4 is 11.5 Å². The highest BCUT2D eigenvalue weighted by Gasteiger charge is 2.54. The van der Waals surface area contributed by atoms with E-state index in [4.69, 9.17) is 0 Å². The second kappa shape index (κ2) is 2.88. The van der Waals surface area contributed by atoms with Crippen LogP contribution in [-0.2, 0) is 10.2 Å². The van der Waals surface area contributed by atoms with Crippen molar-refractivity contribution in [2.75, 3.05) is 0 Å². The van der Waals surface area contributed by atoms with Crippen molar-refractivity contribution in [3.63, 3.8) is 0 Å². The zero-order chi connectivity index (χ0) is 11.3. The van der Waals surface area contributed by atoms with E-state index in [1.54, 1.807) is 0 Å². The molecule has 2 aromatic rings. The molecule has 1 saturated carbocycles. The molecule has 0 aliphatic heterocycles. The Kier molecular flexibility index (Phi) is 1.70. The lowest BCUT2D eigenvalue weighted by atomic mass is 10.00. The minimum absolute atomic E-state index is 0.627. The maximum absolute atomic E-state index is 11.4. The predicted molar refractivity (Wildman–Crippen MR) is 60.7 cm³/mol. The lowest BCUT2D eigenvalue weighted by Gasteiger charge is -2.12. The van der Waals surface area contributed by atoms with E-state index < -0.39 is 11.4 Å². The van der Waals surface area contributed by atoms with Crippen LogP contribution in [0, 0.1) is 6.92 Å². The van der Waals surface area contributed by atoms with Gasteiger partial charge in [-0.3, -0.25) is 4.79 Å². The van der Waals surface area contributed by atoms with Gasteiger partial charge in [0.15, 0.2) is 0 Å². The third-order valence-electron chi connectivity index (χ3n) is 3.48. The van der Waals surface area contributed by atoms with Gasteiger partial charge in [-0.05, 0) is 43.5 Å². The molecule has 0 aromatic carbocycles. The van der Waals surface area contributed by atoms with E-state index in [0.29, 0.717) is 0 Å². The molecular formula is C13H13NO2. The molecule has 0 radical (unpaired) electrons. The van der Waals surface area contributed by atoms with Crippen LogP contribution >= 0.6 is 0 Å². The Labute approximate surface area is 93.3 Å². The van der Waals surface area contributed by atoms with E-state index >= 15 is 0 Å². The Balaban J connectivity index is 2.31. The van der Waals surface area contributed by atoms with Gasteiger partial charge in [0.25, 0.3) is 0 Å². The molecule has 1 fully saturated rings. The number of hydrogen-bond acceptors (Lipinski definition) is 1. The molecule has 82 valence electrons. The second-order valence-electron chi connectivity index (χ2n) is 4.56. The zero-order valence-corrected chi connectivity index (χ0v) is 9.10. The molecule has 3 heteroatoms. The summed E-state index contributed by atoms with van der Waals surface area (Å²) in [4.78, 5) is 11.4. The van der Waals surface area contributed by atoms with E-state index in [1.165, 1.54) is 0 Å². The Hall–Kier alpha value is -1.77. The molecule has 0 bridgehead atoms. The van der Waals surface area contributed by atoms with Crippen LogP contribution in [-0.4, -0.2) is 15.5 Å². The molecule has 0 amide bonds. The molecule has 1 N–H and O–H groups in total. The first-order valence-electron chi connectivity index (χ1n) is 5.46. The van der Waals surface area contributed by atoms with Crippen molar-refractivity contribution in [3.8, 4) is 0 Å². The lowest BCUT2D eigenvalue weighted by Crippen LogP contribution is -2.22. The van der Waals surface area contributed by atoms with Crippen molar-refractivity contribution in [3.05, 3.63) is 41.7 Å². The molecule has 16 heavy (non-hydrogen) atoms. The molecule has 3 rings (SSSR count). The van der Waals surface area contributed by atoms with Crippen molar-refractivity contribution in [2.24, 2.45) is 0 Å². The molecule has 0 unspecified atom stereocenters. The van der Waals surface area contributed by atoms with Crippen LogP contribution < -0.4 is 0 Å². The largest absolute Gasteiger partial charge is 0.481 e. The second-order valence-corrected chi connectivity index (χ2v) is 4.56. The van der Waals surface area contributed by atoms with Crippen LogP contribution in [0.25, 0.3) is 5.52 Å². The minimum atomic E-state index is -0.695. The number of hydrogen-bond donors (Lipinski definition) is 1. The topological polar surface area (TPSA) is 41.7 Å². The fourth-order valence-electron chi connectivity index (χ4n) is 2.54.